The number of nitrogens with one attached hydrogen (secondary N) is 1. The van der Waals surface area contributed by atoms with Gasteiger partial charge in [-0.25, -0.2) is 4.79 Å². The van der Waals surface area contributed by atoms with Gasteiger partial charge in [-0.05, 0) is 24.2 Å². The summed E-state index contributed by atoms with van der Waals surface area (Å²) in [4.78, 5) is 11.7. The Morgan fingerprint density at radius 1 is 1.42 bits per heavy atom. The van der Waals surface area contributed by atoms with E-state index in [2.05, 4.69) is 5.32 Å². The van der Waals surface area contributed by atoms with Crippen LogP contribution < -0.4 is 5.32 Å². The van der Waals surface area contributed by atoms with Crippen LogP contribution in [-0.4, -0.2) is 29.2 Å². The third-order valence-corrected chi connectivity index (χ3v) is 3.76. The molecule has 0 bridgehead atoms. The number of methoxy groups -OCH3 is 1. The van der Waals surface area contributed by atoms with Crippen molar-refractivity contribution in [3.8, 4) is 0 Å². The van der Waals surface area contributed by atoms with Gasteiger partial charge >= 0.3 is 5.97 Å². The molecule has 0 unspecified atom stereocenters. The average molecular weight is 297 g/mol. The number of benzene rings is 1. The van der Waals surface area contributed by atoms with Crippen molar-refractivity contribution in [1.82, 2.24) is 5.32 Å². The predicted octanol–water partition coefficient (Wildman–Crippen LogP) is 2.79. The molecule has 5 heteroatoms. The number of hydrogen-bond donors (Lipinski definition) is 1. The number of hydrogen-bond acceptors (Lipinski definition) is 4. The molecule has 1 rings (SSSR count). The molecule has 0 radical (unpaired) electrons. The van der Waals surface area contributed by atoms with Crippen LogP contribution in [0.15, 0.2) is 30.3 Å². The van der Waals surface area contributed by atoms with Gasteiger partial charge in [0, 0.05) is 0 Å². The Bertz CT molecular complexity index is 409. The third kappa shape index (κ3) is 6.07. The molecule has 0 aliphatic rings. The minimum atomic E-state index is -0.378. The van der Waals surface area contributed by atoms with Gasteiger partial charge in [-0.15, -0.1) is 0 Å². The molecule has 0 saturated carbocycles. The highest BCUT2D eigenvalue weighted by Gasteiger charge is 2.19. The first-order valence-corrected chi connectivity index (χ1v) is 7.61. The molecule has 0 amide bonds. The maximum absolute atomic E-state index is 11.7. The van der Waals surface area contributed by atoms with Crippen molar-refractivity contribution in [2.24, 2.45) is 0 Å². The van der Waals surface area contributed by atoms with Gasteiger partial charge in [0.1, 0.15) is 10.4 Å². The molecule has 0 fully saturated rings. The molecule has 3 nitrogen and oxygen atoms in total. The van der Waals surface area contributed by atoms with E-state index in [1.165, 1.54) is 24.4 Å². The average Bonchev–Trinajstić information content (AvgIpc) is 2.44. The van der Waals surface area contributed by atoms with Crippen LogP contribution in [0.4, 0.5) is 0 Å². The summed E-state index contributed by atoms with van der Waals surface area (Å²) in [5.41, 5.74) is 1.20. The molecule has 104 valence electrons. The number of thioether (sulfide) groups is 1. The molecule has 1 atom stereocenters. The van der Waals surface area contributed by atoms with Crippen molar-refractivity contribution in [2.75, 3.05) is 12.9 Å². The minimum Gasteiger partial charge on any atom is -0.467 e. The third-order valence-electron chi connectivity index (χ3n) is 2.62. The molecule has 0 aliphatic carbocycles. The molecular weight excluding hydrogens is 278 g/mol. The second-order valence-electron chi connectivity index (χ2n) is 3.96. The van der Waals surface area contributed by atoms with E-state index in [1.54, 1.807) is 0 Å². The van der Waals surface area contributed by atoms with Crippen LogP contribution in [0.25, 0.3) is 0 Å². The molecular formula is C14H19NO2S2. The van der Waals surface area contributed by atoms with Gasteiger partial charge in [-0.3, -0.25) is 0 Å². The number of carbonyl (C=O) groups excluding carboxylic acids is 1. The predicted molar refractivity (Wildman–Crippen MR) is 84.4 cm³/mol. The zero-order chi connectivity index (χ0) is 14.1. The SMILES string of the molecule is CCSC(=S)N[C@H](CCc1ccccc1)C(=O)OC. The van der Waals surface area contributed by atoms with E-state index in [0.717, 1.165) is 12.2 Å². The number of thiocarbonyl (C=S) groups is 1. The van der Waals surface area contributed by atoms with Crippen molar-refractivity contribution in [3.05, 3.63) is 35.9 Å². The van der Waals surface area contributed by atoms with E-state index in [9.17, 15) is 4.79 Å². The van der Waals surface area contributed by atoms with Gasteiger partial charge in [0.25, 0.3) is 0 Å². The number of rotatable bonds is 6. The quantitative estimate of drug-likeness (QED) is 0.645. The highest BCUT2D eigenvalue weighted by Crippen LogP contribution is 2.09. The Kier molecular flexibility index (Phi) is 7.52. The van der Waals surface area contributed by atoms with E-state index < -0.39 is 0 Å². The highest BCUT2D eigenvalue weighted by molar-refractivity contribution is 8.22. The van der Waals surface area contributed by atoms with Crippen molar-refractivity contribution in [3.63, 3.8) is 0 Å². The second-order valence-corrected chi connectivity index (χ2v) is 5.91. The molecule has 0 aliphatic heterocycles. The van der Waals surface area contributed by atoms with E-state index in [4.69, 9.17) is 17.0 Å². The first-order valence-electron chi connectivity index (χ1n) is 6.22. The van der Waals surface area contributed by atoms with E-state index >= 15 is 0 Å². The van der Waals surface area contributed by atoms with E-state index in [1.807, 2.05) is 37.3 Å². The number of aryl methyl sites for hydroxylation is 1. The molecule has 0 saturated heterocycles. The molecule has 1 N–H and O–H groups in total. The Morgan fingerprint density at radius 3 is 2.68 bits per heavy atom. The van der Waals surface area contributed by atoms with Crippen LogP contribution in [-0.2, 0) is 16.0 Å². The van der Waals surface area contributed by atoms with Crippen LogP contribution in [0, 0.1) is 0 Å². The lowest BCUT2D eigenvalue weighted by atomic mass is 10.1. The summed E-state index contributed by atoms with van der Waals surface area (Å²) in [5, 5.41) is 3.06. The zero-order valence-electron chi connectivity index (χ0n) is 11.2. The Labute approximate surface area is 124 Å². The molecule has 1 aromatic rings. The lowest BCUT2D eigenvalue weighted by molar-refractivity contribution is -0.142. The Balaban J connectivity index is 2.55. The summed E-state index contributed by atoms with van der Waals surface area (Å²) in [6.07, 6.45) is 1.48. The molecule has 0 heterocycles. The van der Waals surface area contributed by atoms with Crippen LogP contribution in [0.5, 0.6) is 0 Å². The van der Waals surface area contributed by atoms with Gasteiger partial charge in [-0.1, -0.05) is 61.2 Å². The summed E-state index contributed by atoms with van der Waals surface area (Å²) in [7, 11) is 1.40. The Hall–Kier alpha value is -1.07. The van der Waals surface area contributed by atoms with Crippen molar-refractivity contribution < 1.29 is 9.53 Å². The van der Waals surface area contributed by atoms with Gasteiger partial charge in [0.15, 0.2) is 0 Å². The fourth-order valence-electron chi connectivity index (χ4n) is 1.66. The molecule has 19 heavy (non-hydrogen) atoms. The Morgan fingerprint density at radius 2 is 2.11 bits per heavy atom. The fourth-order valence-corrected chi connectivity index (χ4v) is 2.65. The maximum atomic E-state index is 11.7. The lowest BCUT2D eigenvalue weighted by Gasteiger charge is -2.17. The molecule has 0 aromatic heterocycles. The summed E-state index contributed by atoms with van der Waals surface area (Å²) in [5.74, 6) is 0.619. The molecule has 1 aromatic carbocycles. The molecule has 0 spiro atoms. The standard InChI is InChI=1S/C14H19NO2S2/c1-3-19-14(18)15-12(13(16)17-2)10-9-11-7-5-4-6-8-11/h4-8,12H,3,9-10H2,1-2H3,(H,15,18)/t12-/m1/s1. The van der Waals surface area contributed by atoms with Crippen LogP contribution in [0.2, 0.25) is 0 Å². The second kappa shape index (κ2) is 8.93. The largest absolute Gasteiger partial charge is 0.467 e. The van der Waals surface area contributed by atoms with Crippen molar-refractivity contribution in [1.29, 1.82) is 0 Å². The van der Waals surface area contributed by atoms with E-state index in [-0.39, 0.29) is 12.0 Å². The minimum absolute atomic E-state index is 0.269. The lowest BCUT2D eigenvalue weighted by Crippen LogP contribution is -2.40. The topological polar surface area (TPSA) is 38.3 Å². The smallest absolute Gasteiger partial charge is 0.328 e. The fraction of sp³-hybridized carbons (Fsp3) is 0.429. The highest BCUT2D eigenvalue weighted by atomic mass is 32.2. The maximum Gasteiger partial charge on any atom is 0.328 e. The van der Waals surface area contributed by atoms with Crippen LogP contribution in [0.1, 0.15) is 18.9 Å². The van der Waals surface area contributed by atoms with Gasteiger partial charge in [0.2, 0.25) is 0 Å². The summed E-state index contributed by atoms with van der Waals surface area (Å²) in [6.45, 7) is 2.02. The van der Waals surface area contributed by atoms with Crippen LogP contribution >= 0.6 is 24.0 Å². The van der Waals surface area contributed by atoms with Gasteiger partial charge in [0.05, 0.1) is 7.11 Å². The summed E-state index contributed by atoms with van der Waals surface area (Å²) in [6, 6.07) is 9.69. The first-order chi connectivity index (χ1) is 9.17. The van der Waals surface area contributed by atoms with Crippen molar-refractivity contribution >= 4 is 34.3 Å². The monoisotopic (exact) mass is 297 g/mol. The van der Waals surface area contributed by atoms with Gasteiger partial charge in [-0.2, -0.15) is 0 Å². The van der Waals surface area contributed by atoms with Crippen LogP contribution in [0.3, 0.4) is 0 Å². The summed E-state index contributed by atoms with van der Waals surface area (Å²) < 4.78 is 5.45. The number of ether oxygens (including phenoxy) is 1. The number of carbonyl (C=O) groups is 1. The summed E-state index contributed by atoms with van der Waals surface area (Å²) >= 11 is 6.69. The normalized spacial score (nSPS) is 11.7. The zero-order valence-corrected chi connectivity index (χ0v) is 12.9. The number of esters is 1. The first kappa shape index (κ1) is 16.0. The van der Waals surface area contributed by atoms with Gasteiger partial charge < -0.3 is 10.1 Å². The van der Waals surface area contributed by atoms with E-state index in [0.29, 0.717) is 10.7 Å². The van der Waals surface area contributed by atoms with Crippen molar-refractivity contribution in [2.45, 2.75) is 25.8 Å².